The predicted octanol–water partition coefficient (Wildman–Crippen LogP) is 6.09. The van der Waals surface area contributed by atoms with Crippen molar-refractivity contribution < 1.29 is 8.42 Å². The number of sulfonamides is 1. The minimum Gasteiger partial charge on any atom is -0.207 e. The summed E-state index contributed by atoms with van der Waals surface area (Å²) < 4.78 is 27.9. The van der Waals surface area contributed by atoms with Crippen LogP contribution in [-0.4, -0.2) is 42.0 Å². The molecule has 0 aliphatic heterocycles. The third-order valence-corrected chi connectivity index (χ3v) is 18.4. The van der Waals surface area contributed by atoms with E-state index in [1.807, 2.05) is 6.92 Å². The van der Waals surface area contributed by atoms with Crippen molar-refractivity contribution in [1.82, 2.24) is 4.31 Å². The summed E-state index contributed by atoms with van der Waals surface area (Å²) in [6, 6.07) is 13.5. The normalized spacial score (nSPS) is 11.2. The lowest BCUT2D eigenvalue weighted by Gasteiger charge is -2.19. The summed E-state index contributed by atoms with van der Waals surface area (Å²) in [5.41, 5.74) is 7.86. The largest absolute Gasteiger partial charge is 0.244 e. The third-order valence-electron chi connectivity index (χ3n) is 7.19. The molecule has 0 saturated carbocycles. The van der Waals surface area contributed by atoms with Crippen LogP contribution < -0.4 is 0 Å². The number of rotatable bonds is 10. The molecular weight excluding hydrogens is 483 g/mol. The van der Waals surface area contributed by atoms with E-state index in [1.165, 1.54) is 4.31 Å². The van der Waals surface area contributed by atoms with Gasteiger partial charge < -0.3 is 0 Å². The summed E-state index contributed by atoms with van der Waals surface area (Å²) in [7, 11) is -6.88. The van der Waals surface area contributed by atoms with Crippen LogP contribution in [0.15, 0.2) is 29.2 Å². The maximum absolute atomic E-state index is 13.3. The van der Waals surface area contributed by atoms with E-state index >= 15 is 0 Å². The lowest BCUT2D eigenvalue weighted by molar-refractivity contribution is 0.482. The first kappa shape index (κ1) is 30.8. The molecule has 0 aromatic heterocycles. The van der Waals surface area contributed by atoms with E-state index in [9.17, 15) is 8.42 Å². The van der Waals surface area contributed by atoms with Gasteiger partial charge in [0.25, 0.3) is 0 Å². The van der Waals surface area contributed by atoms with Crippen LogP contribution in [0.4, 0.5) is 0 Å². The standard InChI is InChI=1S/C29H41NO2SSi2/c1-8-34(9-2,10-3)26-18-14-16-24-30(33(31,32)29-22-20-28(7)21-23-29)25-17-15-19-27-35(11-4,12-5)13-6/h20-23H,8-13,24-25H2,1-7H3. The molecular formula is C29H41NO2SSi2. The molecule has 188 valence electrons. The van der Waals surface area contributed by atoms with Gasteiger partial charge in [0.1, 0.15) is 16.1 Å². The zero-order valence-corrected chi connectivity index (χ0v) is 25.5. The second kappa shape index (κ2) is 15.0. The fourth-order valence-electron chi connectivity index (χ4n) is 3.79. The van der Waals surface area contributed by atoms with Gasteiger partial charge in [0.05, 0.1) is 18.0 Å². The molecule has 0 fully saturated rings. The molecule has 0 amide bonds. The van der Waals surface area contributed by atoms with Gasteiger partial charge in [-0.1, -0.05) is 71.1 Å². The molecule has 0 radical (unpaired) electrons. The van der Waals surface area contributed by atoms with Gasteiger partial charge in [0.2, 0.25) is 10.0 Å². The monoisotopic (exact) mass is 523 g/mol. The minimum absolute atomic E-state index is 0.0451. The summed E-state index contributed by atoms with van der Waals surface area (Å²) >= 11 is 0. The molecule has 1 aromatic carbocycles. The molecule has 0 aliphatic carbocycles. The third kappa shape index (κ3) is 9.07. The van der Waals surface area contributed by atoms with Crippen molar-refractivity contribution in [2.45, 2.75) is 89.6 Å². The van der Waals surface area contributed by atoms with Gasteiger partial charge in [0, 0.05) is 0 Å². The van der Waals surface area contributed by atoms with Crippen molar-refractivity contribution in [3.63, 3.8) is 0 Å². The predicted molar refractivity (Wildman–Crippen MR) is 155 cm³/mol. The molecule has 0 N–H and O–H groups in total. The molecule has 3 nitrogen and oxygen atoms in total. The molecule has 0 aliphatic rings. The summed E-state index contributed by atoms with van der Waals surface area (Å²) in [4.78, 5) is 0.243. The zero-order chi connectivity index (χ0) is 26.4. The van der Waals surface area contributed by atoms with Gasteiger partial charge in [-0.25, -0.2) is 8.42 Å². The molecule has 0 heterocycles. The Morgan fingerprint density at radius 2 is 1.03 bits per heavy atom. The van der Waals surface area contributed by atoms with Crippen LogP contribution in [0.5, 0.6) is 0 Å². The highest BCUT2D eigenvalue weighted by Gasteiger charge is 2.25. The molecule has 0 atom stereocenters. The van der Waals surface area contributed by atoms with Crippen LogP contribution in [0.1, 0.15) is 47.1 Å². The van der Waals surface area contributed by atoms with Crippen LogP contribution >= 0.6 is 0 Å². The molecule has 0 spiro atoms. The van der Waals surface area contributed by atoms with Crippen LogP contribution in [0.25, 0.3) is 0 Å². The van der Waals surface area contributed by atoms with Gasteiger partial charge in [-0.2, -0.15) is 4.31 Å². The van der Waals surface area contributed by atoms with Crippen molar-refractivity contribution in [3.05, 3.63) is 29.8 Å². The molecule has 0 saturated heterocycles. The van der Waals surface area contributed by atoms with Gasteiger partial charge in [-0.3, -0.25) is 0 Å². The van der Waals surface area contributed by atoms with E-state index in [0.29, 0.717) is 0 Å². The fraction of sp³-hybridized carbons (Fsp3) is 0.517. The highest BCUT2D eigenvalue weighted by atomic mass is 32.2. The van der Waals surface area contributed by atoms with E-state index < -0.39 is 26.2 Å². The van der Waals surface area contributed by atoms with E-state index in [2.05, 4.69) is 88.2 Å². The van der Waals surface area contributed by atoms with Gasteiger partial charge in [0.15, 0.2) is 0 Å². The summed E-state index contributed by atoms with van der Waals surface area (Å²) in [5, 5.41) is 0. The second-order valence-corrected chi connectivity index (χ2v) is 20.7. The van der Waals surface area contributed by atoms with Crippen LogP contribution in [0.3, 0.4) is 0 Å². The Morgan fingerprint density at radius 3 is 1.37 bits per heavy atom. The van der Waals surface area contributed by atoms with Crippen LogP contribution in [0.2, 0.25) is 36.3 Å². The lowest BCUT2D eigenvalue weighted by Crippen LogP contribution is -2.32. The average Bonchev–Trinajstić information content (AvgIpc) is 2.88. The SMILES string of the molecule is CC[Si](C#CC#CCN(CC#CC#C[Si](CC)(CC)CC)S(=O)(=O)c1ccc(C)cc1)(CC)CC. The first-order chi connectivity index (χ1) is 16.7. The van der Waals surface area contributed by atoms with Gasteiger partial charge >= 0.3 is 0 Å². The smallest absolute Gasteiger partial charge is 0.207 e. The van der Waals surface area contributed by atoms with Crippen molar-refractivity contribution in [1.29, 1.82) is 0 Å². The maximum atomic E-state index is 13.3. The number of hydrogen-bond donors (Lipinski definition) is 0. The Morgan fingerprint density at radius 1 is 0.657 bits per heavy atom. The Kier molecular flexibility index (Phi) is 13.2. The van der Waals surface area contributed by atoms with E-state index in [4.69, 9.17) is 0 Å². The van der Waals surface area contributed by atoms with Crippen molar-refractivity contribution >= 4 is 26.2 Å². The fourth-order valence-corrected chi connectivity index (χ4v) is 9.75. The summed E-state index contributed by atoms with van der Waals surface area (Å²) in [5.74, 6) is 17.8. The average molecular weight is 524 g/mol. The zero-order valence-electron chi connectivity index (χ0n) is 22.6. The van der Waals surface area contributed by atoms with E-state index in [0.717, 1.165) is 41.8 Å². The molecule has 0 unspecified atom stereocenters. The Balaban J connectivity index is 3.21. The Labute approximate surface area is 217 Å². The topological polar surface area (TPSA) is 37.4 Å². The van der Waals surface area contributed by atoms with Crippen molar-refractivity contribution in [2.75, 3.05) is 13.1 Å². The first-order valence-electron chi connectivity index (χ1n) is 12.7. The molecule has 35 heavy (non-hydrogen) atoms. The number of aryl methyl sites for hydroxylation is 1. The van der Waals surface area contributed by atoms with Crippen LogP contribution in [0, 0.1) is 53.5 Å². The Bertz CT molecular complexity index is 1090. The highest BCUT2D eigenvalue weighted by Crippen LogP contribution is 2.19. The minimum atomic E-state index is -3.73. The molecule has 0 bridgehead atoms. The van der Waals surface area contributed by atoms with Crippen molar-refractivity contribution in [2.24, 2.45) is 0 Å². The highest BCUT2D eigenvalue weighted by molar-refractivity contribution is 7.89. The van der Waals surface area contributed by atoms with Gasteiger partial charge in [-0.05, 0) is 79.0 Å². The van der Waals surface area contributed by atoms with E-state index in [1.54, 1.807) is 24.3 Å². The lowest BCUT2D eigenvalue weighted by atomic mass is 10.2. The number of nitrogens with zero attached hydrogens (tertiary/aromatic N) is 1. The molecule has 1 rings (SSSR count). The summed E-state index contributed by atoms with van der Waals surface area (Å²) in [6.45, 7) is 15.2. The molecule has 1 aromatic rings. The van der Waals surface area contributed by atoms with Crippen molar-refractivity contribution in [3.8, 4) is 46.6 Å². The number of benzene rings is 1. The Hall–Kier alpha value is -2.20. The summed E-state index contributed by atoms with van der Waals surface area (Å²) in [6.07, 6.45) is 0. The quantitative estimate of drug-likeness (QED) is 0.275. The molecule has 6 heteroatoms. The van der Waals surface area contributed by atoms with Crippen LogP contribution in [-0.2, 0) is 10.0 Å². The number of hydrogen-bond acceptors (Lipinski definition) is 2. The van der Waals surface area contributed by atoms with Gasteiger partial charge in [-0.15, -0.1) is 11.1 Å². The first-order valence-corrected chi connectivity index (χ1v) is 19.4. The maximum Gasteiger partial charge on any atom is 0.244 e. The van der Waals surface area contributed by atoms with E-state index in [-0.39, 0.29) is 18.0 Å². The second-order valence-electron chi connectivity index (χ2n) is 8.87.